The number of likely N-dealkylation sites (N-methyl/N-ethyl adjacent to an activating group) is 1. The molecule has 0 aliphatic carbocycles. The van der Waals surface area contributed by atoms with Gasteiger partial charge in [-0.3, -0.25) is 24.1 Å². The number of amides is 4. The zero-order valence-corrected chi connectivity index (χ0v) is 17.7. The standard InChI is InChI=1S/C23H25N5O4/c1-27-16-9-5-6-10-17(16)28(13-18(24)29)23(32)20(21(27)14-7-3-2-4-8-14)26-22(31)15-11-12-19(30)25-15/h2-10,15,20-21H,11-13H2,1H3,(H2,24,29)(H,25,30)(H,26,31)/t15-,20+,21+/m0/s1. The molecule has 4 rings (SSSR count). The smallest absolute Gasteiger partial charge is 0.252 e. The second kappa shape index (κ2) is 8.70. The third kappa shape index (κ3) is 4.01. The number of carbonyl (C=O) groups is 4. The van der Waals surface area contributed by atoms with Crippen molar-refractivity contribution in [2.75, 3.05) is 23.4 Å². The molecule has 0 saturated carbocycles. The zero-order valence-electron chi connectivity index (χ0n) is 17.7. The van der Waals surface area contributed by atoms with Crippen molar-refractivity contribution in [3.63, 3.8) is 0 Å². The van der Waals surface area contributed by atoms with E-state index in [1.54, 1.807) is 12.1 Å². The minimum atomic E-state index is -1.01. The number of hydrogen-bond acceptors (Lipinski definition) is 5. The van der Waals surface area contributed by atoms with Crippen molar-refractivity contribution in [3.05, 3.63) is 60.2 Å². The van der Waals surface area contributed by atoms with Gasteiger partial charge >= 0.3 is 0 Å². The number of fused-ring (bicyclic) bond motifs is 1. The number of nitrogens with zero attached hydrogens (tertiary/aromatic N) is 2. The minimum absolute atomic E-state index is 0.197. The Hall–Kier alpha value is -3.88. The maximum atomic E-state index is 13.8. The molecule has 2 aliphatic rings. The topological polar surface area (TPSA) is 125 Å². The molecule has 0 spiro atoms. The lowest BCUT2D eigenvalue weighted by Crippen LogP contribution is -2.57. The van der Waals surface area contributed by atoms with Crippen molar-refractivity contribution in [1.29, 1.82) is 0 Å². The fraction of sp³-hybridized carbons (Fsp3) is 0.304. The molecule has 2 heterocycles. The summed E-state index contributed by atoms with van der Waals surface area (Å²) in [5, 5.41) is 5.49. The Morgan fingerprint density at radius 1 is 1.06 bits per heavy atom. The summed E-state index contributed by atoms with van der Waals surface area (Å²) in [5.74, 6) is -1.75. The van der Waals surface area contributed by atoms with Gasteiger partial charge < -0.3 is 21.3 Å². The molecule has 0 bridgehead atoms. The predicted molar refractivity (Wildman–Crippen MR) is 119 cm³/mol. The molecule has 0 aromatic heterocycles. The van der Waals surface area contributed by atoms with Gasteiger partial charge in [-0.2, -0.15) is 0 Å². The summed E-state index contributed by atoms with van der Waals surface area (Å²) >= 11 is 0. The average molecular weight is 435 g/mol. The number of para-hydroxylation sites is 2. The SMILES string of the molecule is CN1c2ccccc2N(CC(N)=O)C(=O)[C@H](NC(=O)[C@@H]2CCC(=O)N2)[C@H]1c1ccccc1. The first-order valence-electron chi connectivity index (χ1n) is 10.4. The molecule has 32 heavy (non-hydrogen) atoms. The van der Waals surface area contributed by atoms with Crippen molar-refractivity contribution in [3.8, 4) is 0 Å². The predicted octanol–water partition coefficient (Wildman–Crippen LogP) is 0.459. The fourth-order valence-electron chi connectivity index (χ4n) is 4.38. The third-order valence-corrected chi connectivity index (χ3v) is 5.88. The molecule has 0 radical (unpaired) electrons. The van der Waals surface area contributed by atoms with E-state index in [1.165, 1.54) is 4.90 Å². The number of hydrogen-bond donors (Lipinski definition) is 3. The van der Waals surface area contributed by atoms with E-state index in [0.717, 1.165) is 11.3 Å². The number of nitrogens with two attached hydrogens (primary N) is 1. The van der Waals surface area contributed by atoms with E-state index in [-0.39, 0.29) is 18.9 Å². The lowest BCUT2D eigenvalue weighted by Gasteiger charge is -2.34. The van der Waals surface area contributed by atoms with Gasteiger partial charge in [-0.1, -0.05) is 42.5 Å². The molecule has 1 saturated heterocycles. The van der Waals surface area contributed by atoms with Gasteiger partial charge in [-0.15, -0.1) is 0 Å². The normalized spacial score (nSPS) is 22.7. The van der Waals surface area contributed by atoms with E-state index in [9.17, 15) is 19.2 Å². The molecule has 1 fully saturated rings. The van der Waals surface area contributed by atoms with Crippen LogP contribution in [0.15, 0.2) is 54.6 Å². The first-order valence-corrected chi connectivity index (χ1v) is 10.4. The van der Waals surface area contributed by atoms with E-state index in [1.807, 2.05) is 54.4 Å². The highest BCUT2D eigenvalue weighted by molar-refractivity contribution is 6.07. The van der Waals surface area contributed by atoms with Gasteiger partial charge in [0.05, 0.1) is 17.4 Å². The van der Waals surface area contributed by atoms with Gasteiger partial charge in [0.2, 0.25) is 17.7 Å². The summed E-state index contributed by atoms with van der Waals surface area (Å²) < 4.78 is 0. The van der Waals surface area contributed by atoms with Crippen molar-refractivity contribution < 1.29 is 19.2 Å². The molecule has 9 heteroatoms. The highest BCUT2D eigenvalue weighted by Crippen LogP contribution is 2.39. The third-order valence-electron chi connectivity index (χ3n) is 5.88. The Bertz CT molecular complexity index is 1060. The van der Waals surface area contributed by atoms with Crippen LogP contribution in [-0.2, 0) is 19.2 Å². The van der Waals surface area contributed by atoms with E-state index in [0.29, 0.717) is 12.1 Å². The molecule has 9 nitrogen and oxygen atoms in total. The molecular weight excluding hydrogens is 410 g/mol. The highest BCUT2D eigenvalue weighted by Gasteiger charge is 2.43. The Balaban J connectivity index is 1.80. The first-order chi connectivity index (χ1) is 15.4. The van der Waals surface area contributed by atoms with Crippen LogP contribution in [0.25, 0.3) is 0 Å². The van der Waals surface area contributed by atoms with Crippen LogP contribution < -0.4 is 26.2 Å². The van der Waals surface area contributed by atoms with Crippen molar-refractivity contribution >= 4 is 35.0 Å². The second-order valence-corrected chi connectivity index (χ2v) is 7.99. The average Bonchev–Trinajstić information content (AvgIpc) is 3.20. The summed E-state index contributed by atoms with van der Waals surface area (Å²) in [4.78, 5) is 53.4. The Morgan fingerprint density at radius 2 is 1.72 bits per heavy atom. The van der Waals surface area contributed by atoms with E-state index in [4.69, 9.17) is 5.73 Å². The van der Waals surface area contributed by atoms with Crippen LogP contribution in [0.4, 0.5) is 11.4 Å². The molecule has 3 atom stereocenters. The van der Waals surface area contributed by atoms with Gasteiger partial charge in [0.15, 0.2) is 0 Å². The van der Waals surface area contributed by atoms with Crippen molar-refractivity contribution in [2.24, 2.45) is 5.73 Å². The number of benzene rings is 2. The van der Waals surface area contributed by atoms with Gasteiger partial charge in [-0.05, 0) is 24.1 Å². The molecular formula is C23H25N5O4. The summed E-state index contributed by atoms with van der Waals surface area (Å²) in [6.45, 7) is -0.322. The largest absolute Gasteiger partial charge is 0.368 e. The molecule has 4 N–H and O–H groups in total. The van der Waals surface area contributed by atoms with Crippen LogP contribution in [0, 0.1) is 0 Å². The van der Waals surface area contributed by atoms with Gasteiger partial charge in [0.25, 0.3) is 5.91 Å². The van der Waals surface area contributed by atoms with Crippen LogP contribution in [-0.4, -0.2) is 49.3 Å². The quantitative estimate of drug-likeness (QED) is 0.629. The Morgan fingerprint density at radius 3 is 2.34 bits per heavy atom. The van der Waals surface area contributed by atoms with Crippen LogP contribution in [0.5, 0.6) is 0 Å². The van der Waals surface area contributed by atoms with Crippen molar-refractivity contribution in [1.82, 2.24) is 10.6 Å². The lowest BCUT2D eigenvalue weighted by atomic mass is 9.96. The molecule has 2 aromatic carbocycles. The summed E-state index contributed by atoms with van der Waals surface area (Å²) in [7, 11) is 1.84. The zero-order chi connectivity index (χ0) is 22.8. The summed E-state index contributed by atoms with van der Waals surface area (Å²) in [6, 6.07) is 14.3. The van der Waals surface area contributed by atoms with E-state index >= 15 is 0 Å². The summed E-state index contributed by atoms with van der Waals surface area (Å²) in [6.07, 6.45) is 0.626. The number of nitrogens with one attached hydrogen (secondary N) is 2. The molecule has 4 amide bonds. The number of anilines is 2. The monoisotopic (exact) mass is 435 g/mol. The van der Waals surface area contributed by atoms with Crippen LogP contribution in [0.1, 0.15) is 24.4 Å². The summed E-state index contributed by atoms with van der Waals surface area (Å²) in [5.41, 5.74) is 7.53. The maximum absolute atomic E-state index is 13.8. The molecule has 2 aliphatic heterocycles. The maximum Gasteiger partial charge on any atom is 0.252 e. The Labute approximate surface area is 185 Å². The molecule has 166 valence electrons. The molecule has 0 unspecified atom stereocenters. The number of primary amides is 1. The number of carbonyl (C=O) groups excluding carboxylic acids is 4. The lowest BCUT2D eigenvalue weighted by molar-refractivity contribution is -0.130. The van der Waals surface area contributed by atoms with E-state index in [2.05, 4.69) is 10.6 Å². The Kier molecular flexibility index (Phi) is 5.81. The molecule has 2 aromatic rings. The minimum Gasteiger partial charge on any atom is -0.368 e. The number of rotatable bonds is 5. The van der Waals surface area contributed by atoms with Crippen LogP contribution in [0.2, 0.25) is 0 Å². The first kappa shape index (κ1) is 21.4. The van der Waals surface area contributed by atoms with Crippen LogP contribution in [0.3, 0.4) is 0 Å². The van der Waals surface area contributed by atoms with Crippen LogP contribution >= 0.6 is 0 Å². The van der Waals surface area contributed by atoms with Crippen molar-refractivity contribution in [2.45, 2.75) is 31.0 Å². The van der Waals surface area contributed by atoms with E-state index < -0.39 is 35.8 Å². The second-order valence-electron chi connectivity index (χ2n) is 7.99. The fourth-order valence-corrected chi connectivity index (χ4v) is 4.38. The highest BCUT2D eigenvalue weighted by atomic mass is 16.2. The van der Waals surface area contributed by atoms with Gasteiger partial charge in [0, 0.05) is 13.5 Å². The van der Waals surface area contributed by atoms with Gasteiger partial charge in [-0.25, -0.2) is 0 Å². The van der Waals surface area contributed by atoms with Gasteiger partial charge in [0.1, 0.15) is 18.6 Å².